The molecule has 0 saturated carbocycles. The molecule has 0 spiro atoms. The minimum atomic E-state index is -0.102. The summed E-state index contributed by atoms with van der Waals surface area (Å²) in [5, 5.41) is 11.4. The molecule has 0 radical (unpaired) electrons. The van der Waals surface area contributed by atoms with Crippen molar-refractivity contribution in [3.8, 4) is 11.5 Å². The summed E-state index contributed by atoms with van der Waals surface area (Å²) in [7, 11) is 0. The van der Waals surface area contributed by atoms with Crippen LogP contribution in [0.2, 0.25) is 0 Å². The molecule has 0 aromatic carbocycles. The molecule has 0 unspecified atom stereocenters. The summed E-state index contributed by atoms with van der Waals surface area (Å²) < 4.78 is 0. The highest BCUT2D eigenvalue weighted by molar-refractivity contribution is 7.09. The number of amides is 1. The van der Waals surface area contributed by atoms with E-state index in [0.717, 1.165) is 6.42 Å². The zero-order chi connectivity index (χ0) is 14.5. The second-order valence-electron chi connectivity index (χ2n) is 4.35. The third kappa shape index (κ3) is 3.51. The Morgan fingerprint density at radius 3 is 3.00 bits per heavy atom. The maximum Gasteiger partial charge on any atom is 0.249 e. The molecule has 0 aliphatic heterocycles. The SMILES string of the molecule is O=C(CCc1cccs1)Nc1n[nH]c(-c2ccccn2)n1. The van der Waals surface area contributed by atoms with Crippen molar-refractivity contribution in [2.24, 2.45) is 0 Å². The van der Waals surface area contributed by atoms with Crippen LogP contribution in [-0.2, 0) is 11.2 Å². The first-order valence-electron chi connectivity index (χ1n) is 6.47. The van der Waals surface area contributed by atoms with Crippen LogP contribution >= 0.6 is 11.3 Å². The predicted octanol–water partition coefficient (Wildman–Crippen LogP) is 2.50. The molecule has 3 aromatic heterocycles. The Morgan fingerprint density at radius 2 is 2.24 bits per heavy atom. The van der Waals surface area contributed by atoms with Gasteiger partial charge in [-0.25, -0.2) is 0 Å². The normalized spacial score (nSPS) is 10.5. The van der Waals surface area contributed by atoms with Gasteiger partial charge in [-0.1, -0.05) is 12.1 Å². The van der Waals surface area contributed by atoms with Gasteiger partial charge in [0.1, 0.15) is 5.69 Å². The molecular formula is C14H13N5OS. The van der Waals surface area contributed by atoms with Crippen molar-refractivity contribution in [2.45, 2.75) is 12.8 Å². The summed E-state index contributed by atoms with van der Waals surface area (Å²) in [4.78, 5) is 21.4. The molecule has 0 atom stereocenters. The molecule has 0 bridgehead atoms. The van der Waals surface area contributed by atoms with Crippen LogP contribution in [0.5, 0.6) is 0 Å². The lowest BCUT2D eigenvalue weighted by Crippen LogP contribution is -2.13. The highest BCUT2D eigenvalue weighted by Gasteiger charge is 2.09. The Morgan fingerprint density at radius 1 is 1.29 bits per heavy atom. The third-order valence-corrected chi connectivity index (χ3v) is 3.76. The van der Waals surface area contributed by atoms with Crippen LogP contribution in [0.1, 0.15) is 11.3 Å². The average molecular weight is 299 g/mol. The fourth-order valence-electron chi connectivity index (χ4n) is 1.81. The number of aromatic amines is 1. The Bertz CT molecular complexity index is 708. The van der Waals surface area contributed by atoms with E-state index in [0.29, 0.717) is 17.9 Å². The topological polar surface area (TPSA) is 83.6 Å². The number of thiophene rings is 1. The molecule has 106 valence electrons. The van der Waals surface area contributed by atoms with E-state index in [-0.39, 0.29) is 11.9 Å². The number of nitrogens with zero attached hydrogens (tertiary/aromatic N) is 3. The van der Waals surface area contributed by atoms with E-state index in [1.807, 2.05) is 35.7 Å². The number of pyridine rings is 1. The van der Waals surface area contributed by atoms with Crippen LogP contribution in [0, 0.1) is 0 Å². The highest BCUT2D eigenvalue weighted by Crippen LogP contribution is 2.13. The third-order valence-electron chi connectivity index (χ3n) is 2.82. The summed E-state index contributed by atoms with van der Waals surface area (Å²) >= 11 is 1.65. The lowest BCUT2D eigenvalue weighted by molar-refractivity contribution is -0.116. The molecule has 21 heavy (non-hydrogen) atoms. The highest BCUT2D eigenvalue weighted by atomic mass is 32.1. The number of anilines is 1. The molecule has 3 rings (SSSR count). The molecule has 0 aliphatic carbocycles. The van der Waals surface area contributed by atoms with Gasteiger partial charge in [0.25, 0.3) is 0 Å². The largest absolute Gasteiger partial charge is 0.293 e. The number of rotatable bonds is 5. The van der Waals surface area contributed by atoms with Gasteiger partial charge in [0.15, 0.2) is 5.82 Å². The number of hydrogen-bond donors (Lipinski definition) is 2. The number of carbonyl (C=O) groups is 1. The van der Waals surface area contributed by atoms with Gasteiger partial charge in [-0.2, -0.15) is 4.98 Å². The lowest BCUT2D eigenvalue weighted by atomic mass is 10.2. The van der Waals surface area contributed by atoms with Gasteiger partial charge in [-0.15, -0.1) is 16.4 Å². The van der Waals surface area contributed by atoms with Gasteiger partial charge >= 0.3 is 0 Å². The van der Waals surface area contributed by atoms with Gasteiger partial charge in [0.05, 0.1) is 0 Å². The van der Waals surface area contributed by atoms with Gasteiger partial charge < -0.3 is 0 Å². The van der Waals surface area contributed by atoms with Gasteiger partial charge in [0.2, 0.25) is 11.9 Å². The van der Waals surface area contributed by atoms with Gasteiger partial charge in [-0.05, 0) is 30.0 Å². The standard InChI is InChI=1S/C14H13N5OS/c20-12(7-6-10-4-3-9-21-10)16-14-17-13(18-19-14)11-5-1-2-8-15-11/h1-5,8-9H,6-7H2,(H2,16,17,18,19,20). The lowest BCUT2D eigenvalue weighted by Gasteiger charge is -1.99. The van der Waals surface area contributed by atoms with Crippen molar-refractivity contribution in [1.82, 2.24) is 20.2 Å². The fraction of sp³-hybridized carbons (Fsp3) is 0.143. The number of carbonyl (C=O) groups excluding carboxylic acids is 1. The van der Waals surface area contributed by atoms with E-state index in [1.54, 1.807) is 17.5 Å². The molecule has 0 saturated heterocycles. The van der Waals surface area contributed by atoms with E-state index in [1.165, 1.54) is 4.88 Å². The molecule has 3 heterocycles. The predicted molar refractivity (Wildman–Crippen MR) is 80.9 cm³/mol. The van der Waals surface area contributed by atoms with Gasteiger partial charge in [0, 0.05) is 17.5 Å². The number of H-pyrrole nitrogens is 1. The summed E-state index contributed by atoms with van der Waals surface area (Å²) in [6.45, 7) is 0. The second kappa shape index (κ2) is 6.27. The molecular weight excluding hydrogens is 286 g/mol. The van der Waals surface area contributed by atoms with Crippen molar-refractivity contribution in [1.29, 1.82) is 0 Å². The summed E-state index contributed by atoms with van der Waals surface area (Å²) in [6.07, 6.45) is 2.81. The van der Waals surface area contributed by atoms with Crippen LogP contribution in [-0.4, -0.2) is 26.1 Å². The molecule has 0 fully saturated rings. The van der Waals surface area contributed by atoms with Crippen molar-refractivity contribution in [3.63, 3.8) is 0 Å². The van der Waals surface area contributed by atoms with Crippen molar-refractivity contribution in [3.05, 3.63) is 46.8 Å². The fourth-order valence-corrected chi connectivity index (χ4v) is 2.52. The quantitative estimate of drug-likeness (QED) is 0.758. The van der Waals surface area contributed by atoms with Crippen LogP contribution in [0.4, 0.5) is 5.95 Å². The number of aromatic nitrogens is 4. The van der Waals surface area contributed by atoms with Crippen LogP contribution in [0.15, 0.2) is 41.9 Å². The molecule has 1 amide bonds. The first kappa shape index (κ1) is 13.4. The van der Waals surface area contributed by atoms with Crippen LogP contribution in [0.25, 0.3) is 11.5 Å². The summed E-state index contributed by atoms with van der Waals surface area (Å²) in [5.74, 6) is 0.700. The van der Waals surface area contributed by atoms with E-state index in [9.17, 15) is 4.79 Å². The minimum Gasteiger partial charge on any atom is -0.293 e. The maximum atomic E-state index is 11.8. The summed E-state index contributed by atoms with van der Waals surface area (Å²) in [6, 6.07) is 9.51. The minimum absolute atomic E-state index is 0.102. The van der Waals surface area contributed by atoms with Gasteiger partial charge in [-0.3, -0.25) is 20.2 Å². The van der Waals surface area contributed by atoms with Crippen molar-refractivity contribution < 1.29 is 4.79 Å². The average Bonchev–Trinajstić information content (AvgIpc) is 3.17. The molecule has 3 aromatic rings. The van der Waals surface area contributed by atoms with E-state index in [2.05, 4.69) is 25.5 Å². The molecule has 6 nitrogen and oxygen atoms in total. The molecule has 0 aliphatic rings. The molecule has 7 heteroatoms. The number of hydrogen-bond acceptors (Lipinski definition) is 5. The van der Waals surface area contributed by atoms with Crippen LogP contribution in [0.3, 0.4) is 0 Å². The number of aryl methyl sites for hydroxylation is 1. The molecule has 2 N–H and O–H groups in total. The first-order chi connectivity index (χ1) is 10.3. The zero-order valence-corrected chi connectivity index (χ0v) is 11.9. The second-order valence-corrected chi connectivity index (χ2v) is 5.38. The van der Waals surface area contributed by atoms with E-state index >= 15 is 0 Å². The smallest absolute Gasteiger partial charge is 0.249 e. The maximum absolute atomic E-state index is 11.8. The van der Waals surface area contributed by atoms with E-state index < -0.39 is 0 Å². The Kier molecular flexibility index (Phi) is 4.02. The van der Waals surface area contributed by atoms with Crippen LogP contribution < -0.4 is 5.32 Å². The summed E-state index contributed by atoms with van der Waals surface area (Å²) in [5.41, 5.74) is 0.684. The van der Waals surface area contributed by atoms with Crippen molar-refractivity contribution in [2.75, 3.05) is 5.32 Å². The monoisotopic (exact) mass is 299 g/mol. The number of nitrogens with one attached hydrogen (secondary N) is 2. The van der Waals surface area contributed by atoms with E-state index in [4.69, 9.17) is 0 Å². The first-order valence-corrected chi connectivity index (χ1v) is 7.35. The Balaban J connectivity index is 1.58. The Labute approximate surface area is 125 Å². The zero-order valence-electron chi connectivity index (χ0n) is 11.1. The Hall–Kier alpha value is -2.54. The van der Waals surface area contributed by atoms with Crippen molar-refractivity contribution >= 4 is 23.2 Å².